The Morgan fingerprint density at radius 1 is 1.22 bits per heavy atom. The van der Waals surface area contributed by atoms with Crippen LogP contribution in [0.25, 0.3) is 0 Å². The van der Waals surface area contributed by atoms with E-state index >= 15 is 0 Å². The Morgan fingerprint density at radius 3 is 2.50 bits per heavy atom. The molecule has 1 aromatic carbocycles. The van der Waals surface area contributed by atoms with Crippen molar-refractivity contribution in [1.82, 2.24) is 5.32 Å². The maximum atomic E-state index is 11.5. The molecule has 1 aliphatic carbocycles. The number of urea groups is 1. The molecule has 0 unspecified atom stereocenters. The highest BCUT2D eigenvalue weighted by Gasteiger charge is 2.23. The highest BCUT2D eigenvalue weighted by molar-refractivity contribution is 5.93. The lowest BCUT2D eigenvalue weighted by molar-refractivity contribution is -0.115. The summed E-state index contributed by atoms with van der Waals surface area (Å²) in [7, 11) is 0. The Hall–Kier alpha value is -2.04. The van der Waals surface area contributed by atoms with Gasteiger partial charge in [0, 0.05) is 23.8 Å². The summed E-state index contributed by atoms with van der Waals surface area (Å²) in [6, 6.07) is 7.23. The number of hydrogen-bond acceptors (Lipinski definition) is 2. The normalized spacial score (nSPS) is 13.8. The quantitative estimate of drug-likeness (QED) is 0.764. The molecule has 18 heavy (non-hydrogen) atoms. The van der Waals surface area contributed by atoms with Crippen molar-refractivity contribution in [3.8, 4) is 0 Å². The third-order valence-electron chi connectivity index (χ3n) is 2.64. The first kappa shape index (κ1) is 12.4. The molecule has 1 saturated carbocycles. The third kappa shape index (κ3) is 3.76. The van der Waals surface area contributed by atoms with Gasteiger partial charge >= 0.3 is 6.03 Å². The zero-order chi connectivity index (χ0) is 13.0. The Morgan fingerprint density at radius 2 is 1.89 bits per heavy atom. The fraction of sp³-hybridized carbons (Fsp3) is 0.385. The van der Waals surface area contributed by atoms with Gasteiger partial charge in [0.15, 0.2) is 0 Å². The van der Waals surface area contributed by atoms with Gasteiger partial charge in [-0.25, -0.2) is 4.79 Å². The smallest absolute Gasteiger partial charge is 0.319 e. The van der Waals surface area contributed by atoms with Crippen LogP contribution in [0, 0.1) is 0 Å². The second-order valence-corrected chi connectivity index (χ2v) is 4.36. The van der Waals surface area contributed by atoms with Gasteiger partial charge in [-0.15, -0.1) is 0 Å². The van der Waals surface area contributed by atoms with E-state index in [9.17, 15) is 9.59 Å². The minimum atomic E-state index is -0.198. The number of anilines is 2. The zero-order valence-electron chi connectivity index (χ0n) is 10.3. The number of carbonyl (C=O) groups is 2. The lowest BCUT2D eigenvalue weighted by Crippen LogP contribution is -2.30. The Balaban J connectivity index is 1.93. The highest BCUT2D eigenvalue weighted by Crippen LogP contribution is 2.19. The van der Waals surface area contributed by atoms with E-state index in [0.29, 0.717) is 23.8 Å². The summed E-state index contributed by atoms with van der Waals surface area (Å²) >= 11 is 0. The van der Waals surface area contributed by atoms with Crippen molar-refractivity contribution in [3.63, 3.8) is 0 Å². The van der Waals surface area contributed by atoms with Crippen LogP contribution in [-0.2, 0) is 4.79 Å². The van der Waals surface area contributed by atoms with Crippen molar-refractivity contribution in [3.05, 3.63) is 24.3 Å². The maximum absolute atomic E-state index is 11.5. The second-order valence-electron chi connectivity index (χ2n) is 4.36. The van der Waals surface area contributed by atoms with Gasteiger partial charge < -0.3 is 16.0 Å². The van der Waals surface area contributed by atoms with E-state index in [1.807, 2.05) is 0 Å². The van der Waals surface area contributed by atoms with Crippen molar-refractivity contribution in [2.24, 2.45) is 0 Å². The van der Waals surface area contributed by atoms with Crippen molar-refractivity contribution >= 4 is 23.3 Å². The summed E-state index contributed by atoms with van der Waals surface area (Å²) in [5.74, 6) is -0.0467. The maximum Gasteiger partial charge on any atom is 0.319 e. The average molecular weight is 247 g/mol. The second kappa shape index (κ2) is 5.53. The van der Waals surface area contributed by atoms with Gasteiger partial charge in [-0.1, -0.05) is 13.0 Å². The summed E-state index contributed by atoms with van der Waals surface area (Å²) in [5, 5.41) is 8.33. The molecular formula is C13H17N3O2. The van der Waals surface area contributed by atoms with E-state index in [1.165, 1.54) is 0 Å². The number of hydrogen-bond donors (Lipinski definition) is 3. The Kier molecular flexibility index (Phi) is 3.82. The minimum Gasteiger partial charge on any atom is -0.335 e. The van der Waals surface area contributed by atoms with E-state index in [-0.39, 0.29) is 11.9 Å². The lowest BCUT2D eigenvalue weighted by Gasteiger charge is -2.09. The van der Waals surface area contributed by atoms with E-state index in [4.69, 9.17) is 0 Å². The van der Waals surface area contributed by atoms with Crippen molar-refractivity contribution in [2.45, 2.75) is 32.2 Å². The molecule has 2 rings (SSSR count). The number of nitrogens with one attached hydrogen (secondary N) is 3. The van der Waals surface area contributed by atoms with E-state index < -0.39 is 0 Å². The Bertz CT molecular complexity index is 455. The van der Waals surface area contributed by atoms with Gasteiger partial charge in [-0.05, 0) is 31.0 Å². The molecular weight excluding hydrogens is 230 g/mol. The molecule has 5 nitrogen and oxygen atoms in total. The molecule has 1 aliphatic rings. The van der Waals surface area contributed by atoms with Crippen LogP contribution in [-0.4, -0.2) is 18.0 Å². The summed E-state index contributed by atoms with van der Waals surface area (Å²) in [6.07, 6.45) is 2.54. The Labute approximate surface area is 106 Å². The summed E-state index contributed by atoms with van der Waals surface area (Å²) < 4.78 is 0. The lowest BCUT2D eigenvalue weighted by atomic mass is 10.2. The first-order chi connectivity index (χ1) is 8.67. The minimum absolute atomic E-state index is 0.0467. The summed E-state index contributed by atoms with van der Waals surface area (Å²) in [4.78, 5) is 22.8. The van der Waals surface area contributed by atoms with Crippen LogP contribution < -0.4 is 16.0 Å². The number of benzene rings is 1. The molecule has 0 spiro atoms. The van der Waals surface area contributed by atoms with Crippen LogP contribution in [0.5, 0.6) is 0 Å². The van der Waals surface area contributed by atoms with Crippen LogP contribution >= 0.6 is 0 Å². The topological polar surface area (TPSA) is 70.2 Å². The molecule has 5 heteroatoms. The van der Waals surface area contributed by atoms with Gasteiger partial charge in [0.1, 0.15) is 0 Å². The van der Waals surface area contributed by atoms with E-state index in [0.717, 1.165) is 12.8 Å². The van der Waals surface area contributed by atoms with Crippen molar-refractivity contribution in [1.29, 1.82) is 0 Å². The molecule has 3 amide bonds. The zero-order valence-corrected chi connectivity index (χ0v) is 10.3. The molecule has 0 aliphatic heterocycles. The summed E-state index contributed by atoms with van der Waals surface area (Å²) in [5.41, 5.74) is 1.35. The molecule has 0 bridgehead atoms. The van der Waals surface area contributed by atoms with Gasteiger partial charge in [0.05, 0.1) is 0 Å². The molecule has 1 aromatic rings. The molecule has 0 aromatic heterocycles. The molecule has 0 heterocycles. The van der Waals surface area contributed by atoms with Crippen LogP contribution in [0.1, 0.15) is 26.2 Å². The molecule has 96 valence electrons. The predicted molar refractivity (Wildman–Crippen MR) is 70.5 cm³/mol. The van der Waals surface area contributed by atoms with E-state index in [2.05, 4.69) is 16.0 Å². The molecule has 0 saturated heterocycles. The molecule has 0 atom stereocenters. The number of amides is 3. The first-order valence-corrected chi connectivity index (χ1v) is 6.15. The largest absolute Gasteiger partial charge is 0.335 e. The van der Waals surface area contributed by atoms with Crippen molar-refractivity contribution < 1.29 is 9.59 Å². The van der Waals surface area contributed by atoms with Gasteiger partial charge in [0.2, 0.25) is 5.91 Å². The van der Waals surface area contributed by atoms with Crippen LogP contribution in [0.3, 0.4) is 0 Å². The number of rotatable bonds is 4. The average Bonchev–Trinajstić information content (AvgIpc) is 3.13. The monoisotopic (exact) mass is 247 g/mol. The van der Waals surface area contributed by atoms with Crippen LogP contribution in [0.2, 0.25) is 0 Å². The molecule has 1 fully saturated rings. The first-order valence-electron chi connectivity index (χ1n) is 6.15. The van der Waals surface area contributed by atoms with Crippen LogP contribution in [0.15, 0.2) is 24.3 Å². The molecule has 0 radical (unpaired) electrons. The van der Waals surface area contributed by atoms with E-state index in [1.54, 1.807) is 31.2 Å². The highest BCUT2D eigenvalue weighted by atomic mass is 16.2. The third-order valence-corrected chi connectivity index (χ3v) is 2.64. The SMILES string of the molecule is CCC(=O)Nc1cccc(NC(=O)NC2CC2)c1. The fourth-order valence-electron chi connectivity index (χ4n) is 1.50. The summed E-state index contributed by atoms with van der Waals surface area (Å²) in [6.45, 7) is 1.79. The van der Waals surface area contributed by atoms with Crippen molar-refractivity contribution in [2.75, 3.05) is 10.6 Å². The standard InChI is InChI=1S/C13H17N3O2/c1-2-12(17)14-10-4-3-5-11(8-10)16-13(18)15-9-6-7-9/h3-5,8-9H,2,6-7H2,1H3,(H,14,17)(H2,15,16,18). The number of carbonyl (C=O) groups excluding carboxylic acids is 2. The van der Waals surface area contributed by atoms with Gasteiger partial charge in [-0.2, -0.15) is 0 Å². The van der Waals surface area contributed by atoms with Crippen LogP contribution in [0.4, 0.5) is 16.2 Å². The molecule has 3 N–H and O–H groups in total. The van der Waals surface area contributed by atoms with Gasteiger partial charge in [-0.3, -0.25) is 4.79 Å². The predicted octanol–water partition coefficient (Wildman–Crippen LogP) is 2.32. The fourth-order valence-corrected chi connectivity index (χ4v) is 1.50. The van der Waals surface area contributed by atoms with Gasteiger partial charge in [0.25, 0.3) is 0 Å².